The van der Waals surface area contributed by atoms with Crippen molar-refractivity contribution in [2.24, 2.45) is 0 Å². The molecule has 15 heavy (non-hydrogen) atoms. The summed E-state index contributed by atoms with van der Waals surface area (Å²) in [5.74, 6) is 0. The van der Waals surface area contributed by atoms with Gasteiger partial charge in [-0.25, -0.2) is 0 Å². The molecule has 0 saturated heterocycles. The van der Waals surface area contributed by atoms with E-state index in [2.05, 4.69) is 20.8 Å². The standard InChI is InChI=1S/C9H21O4Si.Ti/c1-4-7-11-14(10,12-8-5-2)13-9-6-3;/h4-9H2,1-3H3;/q-1;+1. The van der Waals surface area contributed by atoms with Gasteiger partial charge in [0.05, 0.1) is 0 Å². The SMILES string of the molecule is CCCO[Si]([O][Ti])(OCCC)OCCC. The van der Waals surface area contributed by atoms with E-state index in [1.165, 1.54) is 0 Å². The Balaban J connectivity index is 4.16. The van der Waals surface area contributed by atoms with Crippen LogP contribution >= 0.6 is 0 Å². The van der Waals surface area contributed by atoms with Gasteiger partial charge in [-0.05, 0) is 0 Å². The fraction of sp³-hybridized carbons (Fsp3) is 1.00. The molecule has 0 N–H and O–H groups in total. The van der Waals surface area contributed by atoms with E-state index in [0.29, 0.717) is 19.8 Å². The summed E-state index contributed by atoms with van der Waals surface area (Å²) in [6.07, 6.45) is 2.80. The van der Waals surface area contributed by atoms with Crippen LogP contribution in [0.5, 0.6) is 0 Å². The maximum absolute atomic E-state index is 5.60. The number of hydrogen-bond donors (Lipinski definition) is 0. The van der Waals surface area contributed by atoms with Crippen molar-refractivity contribution in [3.05, 3.63) is 0 Å². The van der Waals surface area contributed by atoms with Gasteiger partial charge in [-0.3, -0.25) is 0 Å². The number of hydrogen-bond acceptors (Lipinski definition) is 4. The fourth-order valence-corrected chi connectivity index (χ4v) is 3.51. The van der Waals surface area contributed by atoms with Crippen LogP contribution in [-0.4, -0.2) is 28.9 Å². The molecule has 0 aromatic rings. The van der Waals surface area contributed by atoms with Gasteiger partial charge in [-0.1, -0.05) is 0 Å². The van der Waals surface area contributed by atoms with Crippen molar-refractivity contribution in [3.63, 3.8) is 0 Å². The molecule has 0 heterocycles. The van der Waals surface area contributed by atoms with E-state index in [0.717, 1.165) is 19.3 Å². The van der Waals surface area contributed by atoms with Crippen molar-refractivity contribution in [2.75, 3.05) is 19.8 Å². The molecular formula is C9H21O4SiTi. The molecular weight excluding hydrogens is 248 g/mol. The second-order valence-electron chi connectivity index (χ2n) is 3.15. The Morgan fingerprint density at radius 2 is 1.13 bits per heavy atom. The molecule has 6 heteroatoms. The van der Waals surface area contributed by atoms with E-state index < -0.39 is 9.05 Å². The third-order valence-electron chi connectivity index (χ3n) is 1.57. The van der Waals surface area contributed by atoms with Crippen LogP contribution in [0.15, 0.2) is 0 Å². The molecule has 0 saturated carbocycles. The zero-order valence-corrected chi connectivity index (χ0v) is 12.4. The molecule has 0 unspecified atom stereocenters. The Labute approximate surface area is 106 Å². The van der Waals surface area contributed by atoms with E-state index in [1.54, 1.807) is 20.8 Å². The van der Waals surface area contributed by atoms with E-state index in [9.17, 15) is 0 Å². The Morgan fingerprint density at radius 3 is 1.33 bits per heavy atom. The van der Waals surface area contributed by atoms with Gasteiger partial charge < -0.3 is 0 Å². The molecule has 0 aromatic carbocycles. The second-order valence-corrected chi connectivity index (χ2v) is 6.17. The normalized spacial score (nSPS) is 11.9. The van der Waals surface area contributed by atoms with Gasteiger partial charge >= 0.3 is 106 Å². The average molecular weight is 269 g/mol. The Kier molecular flexibility index (Phi) is 10.5. The van der Waals surface area contributed by atoms with Crippen LogP contribution < -0.4 is 0 Å². The summed E-state index contributed by atoms with van der Waals surface area (Å²) in [5.41, 5.74) is 0. The van der Waals surface area contributed by atoms with Crippen LogP contribution in [0, 0.1) is 0 Å². The van der Waals surface area contributed by atoms with Gasteiger partial charge in [0.1, 0.15) is 0 Å². The van der Waals surface area contributed by atoms with Crippen LogP contribution in [0.25, 0.3) is 0 Å². The Morgan fingerprint density at radius 1 is 0.800 bits per heavy atom. The minimum absolute atomic E-state index is 0.619. The molecule has 0 aromatic heterocycles. The summed E-state index contributed by atoms with van der Waals surface area (Å²) in [6.45, 7) is 8.01. The molecule has 0 bridgehead atoms. The molecule has 0 aliphatic carbocycles. The summed E-state index contributed by atoms with van der Waals surface area (Å²) in [5, 5.41) is 0. The van der Waals surface area contributed by atoms with Gasteiger partial charge in [0.2, 0.25) is 0 Å². The van der Waals surface area contributed by atoms with Crippen LogP contribution in [0.4, 0.5) is 0 Å². The van der Waals surface area contributed by atoms with Gasteiger partial charge in [-0.2, -0.15) is 0 Å². The van der Waals surface area contributed by atoms with Gasteiger partial charge in [-0.15, -0.1) is 0 Å². The molecule has 0 radical (unpaired) electrons. The van der Waals surface area contributed by atoms with Gasteiger partial charge in [0.25, 0.3) is 0 Å². The van der Waals surface area contributed by atoms with E-state index >= 15 is 0 Å². The summed E-state index contributed by atoms with van der Waals surface area (Å²) < 4.78 is 22.1. The van der Waals surface area contributed by atoms with Gasteiger partial charge in [0.15, 0.2) is 0 Å². The topological polar surface area (TPSA) is 36.9 Å². The zero-order valence-electron chi connectivity index (χ0n) is 9.88. The van der Waals surface area contributed by atoms with Gasteiger partial charge in [0, 0.05) is 0 Å². The molecule has 0 aliphatic heterocycles. The average Bonchev–Trinajstić information content (AvgIpc) is 2.29. The monoisotopic (exact) mass is 269 g/mol. The first-order valence-corrected chi connectivity index (χ1v) is 7.78. The first kappa shape index (κ1) is 15.8. The molecule has 0 fully saturated rings. The first-order valence-electron chi connectivity index (χ1n) is 5.51. The third-order valence-corrected chi connectivity index (χ3v) is 4.67. The second kappa shape index (κ2) is 9.96. The molecule has 0 atom stereocenters. The minimum atomic E-state index is -2.83. The predicted octanol–water partition coefficient (Wildman–Crippen LogP) is 2.18. The van der Waals surface area contributed by atoms with Crippen LogP contribution in [0.2, 0.25) is 0 Å². The zero-order chi connectivity index (χ0) is 11.6. The Hall–Kier alpha value is 0.771. The van der Waals surface area contributed by atoms with Crippen molar-refractivity contribution in [3.8, 4) is 0 Å². The molecule has 0 spiro atoms. The van der Waals surface area contributed by atoms with E-state index in [4.69, 9.17) is 16.3 Å². The molecule has 0 aliphatic rings. The van der Waals surface area contributed by atoms with Crippen molar-refractivity contribution < 1.29 is 37.1 Å². The van der Waals surface area contributed by atoms with Crippen LogP contribution in [0.3, 0.4) is 0 Å². The number of rotatable bonds is 10. The predicted molar refractivity (Wildman–Crippen MR) is 55.6 cm³/mol. The van der Waals surface area contributed by atoms with Crippen molar-refractivity contribution in [1.82, 2.24) is 0 Å². The van der Waals surface area contributed by atoms with Crippen molar-refractivity contribution in [2.45, 2.75) is 40.0 Å². The maximum atomic E-state index is 5.60. The van der Waals surface area contributed by atoms with Crippen molar-refractivity contribution in [1.29, 1.82) is 0 Å². The van der Waals surface area contributed by atoms with E-state index in [1.807, 2.05) is 0 Å². The summed E-state index contributed by atoms with van der Waals surface area (Å²) in [7, 11) is -2.83. The van der Waals surface area contributed by atoms with Crippen molar-refractivity contribution >= 4 is 9.05 Å². The summed E-state index contributed by atoms with van der Waals surface area (Å²) in [4.78, 5) is 0. The van der Waals surface area contributed by atoms with Crippen LogP contribution in [0.1, 0.15) is 40.0 Å². The van der Waals surface area contributed by atoms with Crippen LogP contribution in [-0.2, 0) is 37.1 Å². The summed E-state index contributed by atoms with van der Waals surface area (Å²) >= 11 is 1.59. The third kappa shape index (κ3) is 6.84. The molecule has 0 rings (SSSR count). The molecule has 89 valence electrons. The Bertz CT molecular complexity index is 126. The molecule has 4 nitrogen and oxygen atoms in total. The van der Waals surface area contributed by atoms with E-state index in [-0.39, 0.29) is 0 Å². The molecule has 0 amide bonds. The summed E-state index contributed by atoms with van der Waals surface area (Å²) in [6, 6.07) is 0. The first-order chi connectivity index (χ1) is 7.24. The fourth-order valence-electron chi connectivity index (χ4n) is 0.895. The quantitative estimate of drug-likeness (QED) is 0.570.